The van der Waals surface area contributed by atoms with Gasteiger partial charge in [-0.2, -0.15) is 0 Å². The third-order valence-electron chi connectivity index (χ3n) is 3.14. The van der Waals surface area contributed by atoms with Gasteiger partial charge in [0.15, 0.2) is 0 Å². The van der Waals surface area contributed by atoms with Gasteiger partial charge in [-0.1, -0.05) is 13.0 Å². The van der Waals surface area contributed by atoms with Crippen LogP contribution in [0.4, 0.5) is 0 Å². The van der Waals surface area contributed by atoms with Crippen molar-refractivity contribution < 1.29 is 4.79 Å². The Labute approximate surface area is 102 Å². The molecule has 2 heterocycles. The van der Waals surface area contributed by atoms with E-state index in [4.69, 9.17) is 0 Å². The Hall–Kier alpha value is -1.42. The van der Waals surface area contributed by atoms with Gasteiger partial charge >= 0.3 is 0 Å². The molecule has 1 saturated heterocycles. The maximum absolute atomic E-state index is 12.1. The SMILES string of the molecule is CC(CC(=O)N1CCNCC1)c1ccccn1. The number of hydrogen-bond donors (Lipinski definition) is 1. The summed E-state index contributed by atoms with van der Waals surface area (Å²) < 4.78 is 0. The van der Waals surface area contributed by atoms with Gasteiger partial charge in [-0.15, -0.1) is 0 Å². The lowest BCUT2D eigenvalue weighted by Crippen LogP contribution is -2.46. The van der Waals surface area contributed by atoms with Gasteiger partial charge in [0.1, 0.15) is 0 Å². The number of rotatable bonds is 3. The molecule has 17 heavy (non-hydrogen) atoms. The maximum Gasteiger partial charge on any atom is 0.223 e. The first-order valence-electron chi connectivity index (χ1n) is 6.17. The fraction of sp³-hybridized carbons (Fsp3) is 0.538. The van der Waals surface area contributed by atoms with Crippen LogP contribution in [-0.2, 0) is 4.79 Å². The molecule has 2 rings (SSSR count). The van der Waals surface area contributed by atoms with Crippen LogP contribution in [0, 0.1) is 0 Å². The van der Waals surface area contributed by atoms with Crippen LogP contribution in [0.15, 0.2) is 24.4 Å². The summed E-state index contributed by atoms with van der Waals surface area (Å²) in [7, 11) is 0. The predicted molar refractivity (Wildman–Crippen MR) is 66.7 cm³/mol. The highest BCUT2D eigenvalue weighted by atomic mass is 16.2. The van der Waals surface area contributed by atoms with Crippen molar-refractivity contribution in [1.82, 2.24) is 15.2 Å². The molecule has 1 aromatic rings. The smallest absolute Gasteiger partial charge is 0.223 e. The number of hydrogen-bond acceptors (Lipinski definition) is 3. The van der Waals surface area contributed by atoms with E-state index in [1.165, 1.54) is 0 Å². The molecular formula is C13H19N3O. The summed E-state index contributed by atoms with van der Waals surface area (Å²) in [6, 6.07) is 5.85. The molecule has 1 N–H and O–H groups in total. The number of piperazine rings is 1. The lowest BCUT2D eigenvalue weighted by Gasteiger charge is -2.28. The third-order valence-corrected chi connectivity index (χ3v) is 3.14. The lowest BCUT2D eigenvalue weighted by atomic mass is 10.0. The van der Waals surface area contributed by atoms with Gasteiger partial charge in [0.25, 0.3) is 0 Å². The number of pyridine rings is 1. The van der Waals surface area contributed by atoms with Crippen LogP contribution in [0.1, 0.15) is 25.0 Å². The van der Waals surface area contributed by atoms with Crippen LogP contribution in [-0.4, -0.2) is 42.0 Å². The monoisotopic (exact) mass is 233 g/mol. The van der Waals surface area contributed by atoms with E-state index < -0.39 is 0 Å². The zero-order valence-electron chi connectivity index (χ0n) is 10.2. The van der Waals surface area contributed by atoms with E-state index in [1.807, 2.05) is 23.1 Å². The second-order valence-electron chi connectivity index (χ2n) is 4.49. The van der Waals surface area contributed by atoms with Gasteiger partial charge in [-0.3, -0.25) is 9.78 Å². The molecule has 1 unspecified atom stereocenters. The third kappa shape index (κ3) is 3.27. The molecule has 0 aliphatic carbocycles. The molecule has 1 aliphatic heterocycles. The molecule has 0 radical (unpaired) electrons. The van der Waals surface area contributed by atoms with Crippen LogP contribution in [0.5, 0.6) is 0 Å². The van der Waals surface area contributed by atoms with Crippen LogP contribution < -0.4 is 5.32 Å². The summed E-state index contributed by atoms with van der Waals surface area (Å²) in [6.07, 6.45) is 2.33. The Kier molecular flexibility index (Phi) is 4.09. The van der Waals surface area contributed by atoms with Gasteiger partial charge < -0.3 is 10.2 Å². The van der Waals surface area contributed by atoms with Crippen molar-refractivity contribution in [3.05, 3.63) is 30.1 Å². The molecule has 92 valence electrons. The fourth-order valence-electron chi connectivity index (χ4n) is 2.08. The van der Waals surface area contributed by atoms with E-state index in [9.17, 15) is 4.79 Å². The molecule has 4 heteroatoms. The number of nitrogens with zero attached hydrogens (tertiary/aromatic N) is 2. The van der Waals surface area contributed by atoms with E-state index in [0.29, 0.717) is 6.42 Å². The Morgan fingerprint density at radius 1 is 1.47 bits per heavy atom. The first-order chi connectivity index (χ1) is 8.27. The Bertz CT molecular complexity index is 360. The minimum atomic E-state index is 0.193. The van der Waals surface area contributed by atoms with E-state index in [1.54, 1.807) is 6.20 Å². The van der Waals surface area contributed by atoms with Crippen molar-refractivity contribution in [3.8, 4) is 0 Å². The molecule has 0 spiro atoms. The second-order valence-corrected chi connectivity index (χ2v) is 4.49. The zero-order valence-corrected chi connectivity index (χ0v) is 10.2. The van der Waals surface area contributed by atoms with Gasteiger partial charge in [-0.05, 0) is 12.1 Å². The van der Waals surface area contributed by atoms with Gasteiger partial charge in [0.2, 0.25) is 5.91 Å². The summed E-state index contributed by atoms with van der Waals surface area (Å²) in [5.74, 6) is 0.434. The van der Waals surface area contributed by atoms with Crippen LogP contribution in [0.3, 0.4) is 0 Å². The molecule has 1 aliphatic rings. The van der Waals surface area contributed by atoms with E-state index in [2.05, 4.69) is 17.2 Å². The highest BCUT2D eigenvalue weighted by Crippen LogP contribution is 2.17. The summed E-state index contributed by atoms with van der Waals surface area (Å²) in [4.78, 5) is 18.3. The fourth-order valence-corrected chi connectivity index (χ4v) is 2.08. The summed E-state index contributed by atoms with van der Waals surface area (Å²) >= 11 is 0. The lowest BCUT2D eigenvalue weighted by molar-refractivity contribution is -0.132. The first-order valence-corrected chi connectivity index (χ1v) is 6.17. The topological polar surface area (TPSA) is 45.2 Å². The Balaban J connectivity index is 1.89. The van der Waals surface area contributed by atoms with E-state index in [-0.39, 0.29) is 11.8 Å². The van der Waals surface area contributed by atoms with Crippen molar-refractivity contribution >= 4 is 5.91 Å². The number of carbonyl (C=O) groups is 1. The van der Waals surface area contributed by atoms with Gasteiger partial charge in [-0.25, -0.2) is 0 Å². The number of aromatic nitrogens is 1. The van der Waals surface area contributed by atoms with Crippen molar-refractivity contribution in [3.63, 3.8) is 0 Å². The maximum atomic E-state index is 12.1. The summed E-state index contributed by atoms with van der Waals surface area (Å²) in [5.41, 5.74) is 0.996. The van der Waals surface area contributed by atoms with Crippen molar-refractivity contribution in [1.29, 1.82) is 0 Å². The molecule has 0 bridgehead atoms. The molecule has 0 aromatic carbocycles. The number of amides is 1. The quantitative estimate of drug-likeness (QED) is 0.847. The molecule has 1 fully saturated rings. The minimum Gasteiger partial charge on any atom is -0.340 e. The van der Waals surface area contributed by atoms with Crippen molar-refractivity contribution in [2.24, 2.45) is 0 Å². The van der Waals surface area contributed by atoms with Crippen LogP contribution in [0.2, 0.25) is 0 Å². The van der Waals surface area contributed by atoms with E-state index >= 15 is 0 Å². The van der Waals surface area contributed by atoms with Gasteiger partial charge in [0, 0.05) is 50.4 Å². The van der Waals surface area contributed by atoms with Crippen molar-refractivity contribution in [2.45, 2.75) is 19.3 Å². The molecule has 1 aromatic heterocycles. The average molecular weight is 233 g/mol. The Morgan fingerprint density at radius 3 is 2.88 bits per heavy atom. The number of carbonyl (C=O) groups excluding carboxylic acids is 1. The summed E-state index contributed by atoms with van der Waals surface area (Å²) in [5, 5.41) is 3.25. The van der Waals surface area contributed by atoms with Crippen LogP contribution in [0.25, 0.3) is 0 Å². The van der Waals surface area contributed by atoms with E-state index in [0.717, 1.165) is 31.9 Å². The molecule has 0 saturated carbocycles. The largest absolute Gasteiger partial charge is 0.340 e. The standard InChI is InChI=1S/C13H19N3O/c1-11(12-4-2-3-5-15-12)10-13(17)16-8-6-14-7-9-16/h2-5,11,14H,6-10H2,1H3. The molecule has 4 nitrogen and oxygen atoms in total. The molecule has 1 amide bonds. The zero-order chi connectivity index (χ0) is 12.1. The summed E-state index contributed by atoms with van der Waals surface area (Å²) in [6.45, 7) is 5.53. The first kappa shape index (κ1) is 12.0. The van der Waals surface area contributed by atoms with Crippen LogP contribution >= 0.6 is 0 Å². The normalized spacial score (nSPS) is 17.8. The highest BCUT2D eigenvalue weighted by molar-refractivity contribution is 5.77. The number of nitrogens with one attached hydrogen (secondary N) is 1. The average Bonchev–Trinajstić information content (AvgIpc) is 2.40. The molecular weight excluding hydrogens is 214 g/mol. The predicted octanol–water partition coefficient (Wildman–Crippen LogP) is 1.01. The Morgan fingerprint density at radius 2 is 2.24 bits per heavy atom. The second kappa shape index (κ2) is 5.77. The minimum absolute atomic E-state index is 0.193. The highest BCUT2D eigenvalue weighted by Gasteiger charge is 2.19. The van der Waals surface area contributed by atoms with Crippen molar-refractivity contribution in [2.75, 3.05) is 26.2 Å². The van der Waals surface area contributed by atoms with Gasteiger partial charge in [0.05, 0.1) is 0 Å². The molecule has 1 atom stereocenters.